The van der Waals surface area contributed by atoms with E-state index in [-0.39, 0.29) is 5.25 Å². The Morgan fingerprint density at radius 2 is 2.26 bits per heavy atom. The van der Waals surface area contributed by atoms with Crippen LogP contribution in [-0.4, -0.2) is 33.5 Å². The molecule has 0 radical (unpaired) electrons. The fourth-order valence-electron chi connectivity index (χ4n) is 1.68. The van der Waals surface area contributed by atoms with Crippen LogP contribution < -0.4 is 11.1 Å². The zero-order valence-corrected chi connectivity index (χ0v) is 13.9. The van der Waals surface area contributed by atoms with Gasteiger partial charge in [0.1, 0.15) is 4.99 Å². The van der Waals surface area contributed by atoms with Crippen LogP contribution in [0.4, 0.5) is 5.69 Å². The van der Waals surface area contributed by atoms with Crippen LogP contribution >= 0.6 is 24.0 Å². The number of rotatable bonds is 7. The van der Waals surface area contributed by atoms with Gasteiger partial charge in [0, 0.05) is 45.0 Å². The average Bonchev–Trinajstić information content (AvgIpc) is 2.37. The zero-order valence-electron chi connectivity index (χ0n) is 11.4. The SMILES string of the molecule is CSc1cccc(NCCC(C)S(C)=O)c1C(N)=S. The number of thioether (sulfide) groups is 1. The largest absolute Gasteiger partial charge is 0.389 e. The van der Waals surface area contributed by atoms with E-state index in [1.54, 1.807) is 18.0 Å². The maximum atomic E-state index is 11.3. The molecule has 0 amide bonds. The molecule has 2 atom stereocenters. The number of hydrogen-bond donors (Lipinski definition) is 2. The van der Waals surface area contributed by atoms with Crippen LogP contribution in [0.2, 0.25) is 0 Å². The number of thiocarbonyl (C=S) groups is 1. The molecular formula is C13H20N2OS3. The monoisotopic (exact) mass is 316 g/mol. The Morgan fingerprint density at radius 1 is 1.58 bits per heavy atom. The van der Waals surface area contributed by atoms with Gasteiger partial charge in [-0.1, -0.05) is 25.2 Å². The van der Waals surface area contributed by atoms with Crippen molar-refractivity contribution < 1.29 is 4.21 Å². The van der Waals surface area contributed by atoms with Crippen LogP contribution in [0.15, 0.2) is 23.1 Å². The fourth-order valence-corrected chi connectivity index (χ4v) is 3.05. The van der Waals surface area contributed by atoms with E-state index in [4.69, 9.17) is 18.0 Å². The third kappa shape index (κ3) is 4.78. The fraction of sp³-hybridized carbons (Fsp3) is 0.462. The lowest BCUT2D eigenvalue weighted by atomic mass is 10.1. The predicted molar refractivity (Wildman–Crippen MR) is 90.7 cm³/mol. The molecule has 2 unspecified atom stereocenters. The average molecular weight is 317 g/mol. The first-order chi connectivity index (χ1) is 8.97. The lowest BCUT2D eigenvalue weighted by Gasteiger charge is -2.15. The molecule has 106 valence electrons. The van der Waals surface area contributed by atoms with E-state index in [0.29, 0.717) is 4.99 Å². The van der Waals surface area contributed by atoms with Crippen molar-refractivity contribution in [3.63, 3.8) is 0 Å². The van der Waals surface area contributed by atoms with Crippen LogP contribution in [-0.2, 0) is 10.8 Å². The molecular weight excluding hydrogens is 296 g/mol. The van der Waals surface area contributed by atoms with Crippen molar-refractivity contribution in [3.8, 4) is 0 Å². The van der Waals surface area contributed by atoms with Crippen molar-refractivity contribution in [2.24, 2.45) is 5.73 Å². The van der Waals surface area contributed by atoms with E-state index in [2.05, 4.69) is 5.32 Å². The highest BCUT2D eigenvalue weighted by atomic mass is 32.2. The number of benzene rings is 1. The van der Waals surface area contributed by atoms with Gasteiger partial charge in [-0.05, 0) is 24.8 Å². The second-order valence-electron chi connectivity index (χ2n) is 4.27. The highest BCUT2D eigenvalue weighted by molar-refractivity contribution is 7.98. The lowest BCUT2D eigenvalue weighted by molar-refractivity contribution is 0.672. The summed E-state index contributed by atoms with van der Waals surface area (Å²) in [7, 11) is -0.783. The molecule has 0 aromatic heterocycles. The molecule has 1 aromatic rings. The topological polar surface area (TPSA) is 55.1 Å². The third-order valence-corrected chi connectivity index (χ3v) is 5.28. The molecule has 0 saturated carbocycles. The van der Waals surface area contributed by atoms with Crippen LogP contribution in [0.25, 0.3) is 0 Å². The van der Waals surface area contributed by atoms with Gasteiger partial charge < -0.3 is 11.1 Å². The van der Waals surface area contributed by atoms with Crippen molar-refractivity contribution in [2.45, 2.75) is 23.5 Å². The van der Waals surface area contributed by atoms with Crippen molar-refractivity contribution >= 4 is 45.5 Å². The molecule has 19 heavy (non-hydrogen) atoms. The number of nitrogens with one attached hydrogen (secondary N) is 1. The van der Waals surface area contributed by atoms with Crippen LogP contribution in [0, 0.1) is 0 Å². The molecule has 0 heterocycles. The Morgan fingerprint density at radius 3 is 2.79 bits per heavy atom. The minimum absolute atomic E-state index is 0.185. The van der Waals surface area contributed by atoms with Gasteiger partial charge >= 0.3 is 0 Å². The maximum absolute atomic E-state index is 11.3. The van der Waals surface area contributed by atoms with Crippen LogP contribution in [0.1, 0.15) is 18.9 Å². The first-order valence-corrected chi connectivity index (χ1v) is 9.25. The van der Waals surface area contributed by atoms with Crippen LogP contribution in [0.5, 0.6) is 0 Å². The standard InChI is InChI=1S/C13H20N2OS3/c1-9(19(3)16)7-8-15-10-5-4-6-11(18-2)12(10)13(14)17/h4-6,9,15H,7-8H2,1-3H3,(H2,14,17). The Kier molecular flexibility index (Phi) is 6.82. The molecule has 3 N–H and O–H groups in total. The van der Waals surface area contributed by atoms with E-state index >= 15 is 0 Å². The summed E-state index contributed by atoms with van der Waals surface area (Å²) >= 11 is 6.75. The minimum atomic E-state index is -0.783. The van der Waals surface area contributed by atoms with Gasteiger partial charge in [-0.3, -0.25) is 4.21 Å². The summed E-state index contributed by atoms with van der Waals surface area (Å²) in [6, 6.07) is 5.97. The predicted octanol–water partition coefficient (Wildman–Crippen LogP) is 2.61. The Hall–Kier alpha value is -0.590. The molecule has 0 bridgehead atoms. The van der Waals surface area contributed by atoms with Gasteiger partial charge in [-0.25, -0.2) is 0 Å². The summed E-state index contributed by atoms with van der Waals surface area (Å²) in [5.41, 5.74) is 7.65. The van der Waals surface area contributed by atoms with Crippen molar-refractivity contribution in [1.82, 2.24) is 0 Å². The molecule has 0 spiro atoms. The summed E-state index contributed by atoms with van der Waals surface area (Å²) in [6.45, 7) is 2.75. The van der Waals surface area contributed by atoms with Crippen LogP contribution in [0.3, 0.4) is 0 Å². The lowest BCUT2D eigenvalue weighted by Crippen LogP contribution is -2.18. The summed E-state index contributed by atoms with van der Waals surface area (Å²) in [5, 5.41) is 3.52. The quantitative estimate of drug-likeness (QED) is 0.598. The Balaban J connectivity index is 2.78. The van der Waals surface area contributed by atoms with Gasteiger partial charge in [0.2, 0.25) is 0 Å². The highest BCUT2D eigenvalue weighted by Gasteiger charge is 2.11. The molecule has 0 saturated heterocycles. The summed E-state index contributed by atoms with van der Waals surface area (Å²) in [6.07, 6.45) is 4.59. The summed E-state index contributed by atoms with van der Waals surface area (Å²) in [5.74, 6) is 0. The van der Waals surface area contributed by atoms with Gasteiger partial charge in [0.15, 0.2) is 0 Å². The maximum Gasteiger partial charge on any atom is 0.107 e. The van der Waals surface area contributed by atoms with E-state index in [1.807, 2.05) is 31.4 Å². The molecule has 3 nitrogen and oxygen atoms in total. The Bertz CT molecular complexity index is 477. The molecule has 1 rings (SSSR count). The number of anilines is 1. The smallest absolute Gasteiger partial charge is 0.107 e. The van der Waals surface area contributed by atoms with Gasteiger partial charge in [-0.15, -0.1) is 11.8 Å². The zero-order chi connectivity index (χ0) is 14.4. The number of nitrogens with two attached hydrogens (primary N) is 1. The molecule has 6 heteroatoms. The molecule has 0 fully saturated rings. The van der Waals surface area contributed by atoms with Gasteiger partial charge in [0.05, 0.1) is 0 Å². The van der Waals surface area contributed by atoms with Gasteiger partial charge in [-0.2, -0.15) is 0 Å². The van der Waals surface area contributed by atoms with E-state index < -0.39 is 10.8 Å². The van der Waals surface area contributed by atoms with E-state index in [1.165, 1.54) is 0 Å². The van der Waals surface area contributed by atoms with E-state index in [9.17, 15) is 4.21 Å². The van der Waals surface area contributed by atoms with E-state index in [0.717, 1.165) is 29.1 Å². The summed E-state index contributed by atoms with van der Waals surface area (Å²) in [4.78, 5) is 1.48. The minimum Gasteiger partial charge on any atom is -0.389 e. The first kappa shape index (κ1) is 16.5. The molecule has 0 aliphatic rings. The summed E-state index contributed by atoms with van der Waals surface area (Å²) < 4.78 is 11.3. The second-order valence-corrected chi connectivity index (χ2v) is 7.36. The third-order valence-electron chi connectivity index (χ3n) is 2.93. The first-order valence-electron chi connectivity index (χ1n) is 6.00. The number of hydrogen-bond acceptors (Lipinski definition) is 4. The second kappa shape index (κ2) is 7.87. The Labute approximate surface area is 127 Å². The molecule has 0 aliphatic heterocycles. The molecule has 1 aromatic carbocycles. The van der Waals surface area contributed by atoms with Gasteiger partial charge in [0.25, 0.3) is 0 Å². The van der Waals surface area contributed by atoms with Crippen molar-refractivity contribution in [2.75, 3.05) is 24.4 Å². The highest BCUT2D eigenvalue weighted by Crippen LogP contribution is 2.27. The normalized spacial score (nSPS) is 13.8. The van der Waals surface area contributed by atoms with Crippen molar-refractivity contribution in [3.05, 3.63) is 23.8 Å². The van der Waals surface area contributed by atoms with Crippen molar-refractivity contribution in [1.29, 1.82) is 0 Å². The molecule has 0 aliphatic carbocycles.